The molecule has 6 heteroatoms. The summed E-state index contributed by atoms with van der Waals surface area (Å²) in [5.74, 6) is 0.459. The summed E-state index contributed by atoms with van der Waals surface area (Å²) in [5.41, 5.74) is 2.96. The number of nitrogens with one attached hydrogen (secondary N) is 1. The van der Waals surface area contributed by atoms with Crippen LogP contribution in [0.1, 0.15) is 19.0 Å². The Labute approximate surface area is 134 Å². The lowest BCUT2D eigenvalue weighted by molar-refractivity contribution is -0.187. The van der Waals surface area contributed by atoms with Gasteiger partial charge in [-0.3, -0.25) is 4.90 Å². The van der Waals surface area contributed by atoms with E-state index in [2.05, 4.69) is 16.0 Å². The van der Waals surface area contributed by atoms with Gasteiger partial charge >= 0.3 is 0 Å². The monoisotopic (exact) mass is 317 g/mol. The minimum atomic E-state index is -0.852. The van der Waals surface area contributed by atoms with E-state index in [0.29, 0.717) is 13.2 Å². The van der Waals surface area contributed by atoms with Gasteiger partial charge in [0.05, 0.1) is 11.9 Å². The molecule has 1 atom stereocenters. The van der Waals surface area contributed by atoms with Crippen molar-refractivity contribution < 1.29 is 14.2 Å². The summed E-state index contributed by atoms with van der Waals surface area (Å²) >= 11 is 0. The van der Waals surface area contributed by atoms with Gasteiger partial charge in [-0.15, -0.1) is 0 Å². The minimum Gasteiger partial charge on any atom is -0.356 e. The molecule has 5 nitrogen and oxygen atoms in total. The quantitative estimate of drug-likeness (QED) is 0.832. The number of halogens is 1. The van der Waals surface area contributed by atoms with Crippen molar-refractivity contribution in [3.05, 3.63) is 48.0 Å². The summed E-state index contributed by atoms with van der Waals surface area (Å²) in [4.78, 5) is 9.51. The van der Waals surface area contributed by atoms with Crippen LogP contribution in [0.5, 0.6) is 0 Å². The summed E-state index contributed by atoms with van der Waals surface area (Å²) in [6.45, 7) is 3.69. The zero-order valence-electron chi connectivity index (χ0n) is 13.0. The lowest BCUT2D eigenvalue weighted by atomic mass is 10.1. The zero-order valence-corrected chi connectivity index (χ0v) is 13.0. The van der Waals surface area contributed by atoms with Gasteiger partial charge in [0, 0.05) is 25.3 Å². The number of nitrogens with zero attached hydrogens (tertiary/aromatic N) is 2. The van der Waals surface area contributed by atoms with E-state index < -0.39 is 6.41 Å². The average Bonchev–Trinajstić information content (AvgIpc) is 3.06. The molecule has 1 aromatic carbocycles. The van der Waals surface area contributed by atoms with E-state index in [1.54, 1.807) is 18.3 Å². The Balaban J connectivity index is 1.70. The molecule has 122 valence electrons. The van der Waals surface area contributed by atoms with Crippen molar-refractivity contribution in [3.8, 4) is 11.4 Å². The number of aromatic amines is 1. The molecule has 0 aliphatic carbocycles. The number of aromatic nitrogens is 2. The SMILES string of the molecule is CCOC(O)N1CC=C(c2cnc(-c3ccc(F)cc3)[nH]2)CC1. The second kappa shape index (κ2) is 7.04. The molecule has 2 N–H and O–H groups in total. The van der Waals surface area contributed by atoms with Crippen LogP contribution in [0.15, 0.2) is 36.5 Å². The van der Waals surface area contributed by atoms with Crippen molar-refractivity contribution in [1.82, 2.24) is 14.9 Å². The van der Waals surface area contributed by atoms with Gasteiger partial charge in [0.1, 0.15) is 11.6 Å². The number of benzene rings is 1. The van der Waals surface area contributed by atoms with Crippen LogP contribution in [0.2, 0.25) is 0 Å². The first-order chi connectivity index (χ1) is 11.2. The maximum atomic E-state index is 13.0. The molecule has 1 aliphatic rings. The minimum absolute atomic E-state index is 0.261. The molecule has 0 spiro atoms. The Hall–Kier alpha value is -2.02. The van der Waals surface area contributed by atoms with Crippen LogP contribution in [-0.2, 0) is 4.74 Å². The fourth-order valence-corrected chi connectivity index (χ4v) is 2.62. The van der Waals surface area contributed by atoms with Gasteiger partial charge < -0.3 is 14.8 Å². The topological polar surface area (TPSA) is 61.4 Å². The number of aliphatic hydroxyl groups is 1. The van der Waals surface area contributed by atoms with Crippen LogP contribution in [-0.4, -0.2) is 46.1 Å². The Morgan fingerprint density at radius 1 is 1.39 bits per heavy atom. The van der Waals surface area contributed by atoms with Crippen molar-refractivity contribution in [1.29, 1.82) is 0 Å². The van der Waals surface area contributed by atoms with Gasteiger partial charge in [-0.2, -0.15) is 0 Å². The smallest absolute Gasteiger partial charge is 0.216 e. The molecule has 2 aromatic rings. The molecular weight excluding hydrogens is 297 g/mol. The van der Waals surface area contributed by atoms with Crippen molar-refractivity contribution in [2.24, 2.45) is 0 Å². The number of imidazole rings is 1. The Bertz CT molecular complexity index is 681. The highest BCUT2D eigenvalue weighted by molar-refractivity contribution is 5.66. The maximum absolute atomic E-state index is 13.0. The van der Waals surface area contributed by atoms with E-state index in [4.69, 9.17) is 4.74 Å². The van der Waals surface area contributed by atoms with Gasteiger partial charge in [0.2, 0.25) is 6.41 Å². The third-order valence-corrected chi connectivity index (χ3v) is 3.91. The van der Waals surface area contributed by atoms with E-state index in [1.165, 1.54) is 12.1 Å². The number of hydrogen-bond acceptors (Lipinski definition) is 4. The highest BCUT2D eigenvalue weighted by atomic mass is 19.1. The molecular formula is C17H20FN3O2. The van der Waals surface area contributed by atoms with Crippen LogP contribution in [0.4, 0.5) is 4.39 Å². The van der Waals surface area contributed by atoms with Crippen LogP contribution in [0.25, 0.3) is 17.0 Å². The van der Waals surface area contributed by atoms with Crippen LogP contribution in [0.3, 0.4) is 0 Å². The van der Waals surface area contributed by atoms with Crippen LogP contribution < -0.4 is 0 Å². The van der Waals surface area contributed by atoms with Crippen molar-refractivity contribution in [2.45, 2.75) is 19.8 Å². The molecule has 0 saturated carbocycles. The first-order valence-electron chi connectivity index (χ1n) is 7.71. The number of rotatable bonds is 5. The predicted molar refractivity (Wildman–Crippen MR) is 85.8 cm³/mol. The van der Waals surface area contributed by atoms with Crippen LogP contribution >= 0.6 is 0 Å². The molecule has 0 bridgehead atoms. The molecule has 1 unspecified atom stereocenters. The first-order valence-corrected chi connectivity index (χ1v) is 7.71. The van der Waals surface area contributed by atoms with Gasteiger partial charge in [-0.05, 0) is 43.2 Å². The molecule has 1 aliphatic heterocycles. The molecule has 2 heterocycles. The summed E-state index contributed by atoms with van der Waals surface area (Å²) in [6.07, 6.45) is 3.80. The van der Waals surface area contributed by atoms with E-state index in [1.807, 2.05) is 11.8 Å². The van der Waals surface area contributed by atoms with E-state index >= 15 is 0 Å². The second-order valence-electron chi connectivity index (χ2n) is 5.41. The zero-order chi connectivity index (χ0) is 16.2. The molecule has 0 saturated heterocycles. The summed E-state index contributed by atoms with van der Waals surface area (Å²) in [5, 5.41) is 9.83. The van der Waals surface area contributed by atoms with E-state index in [-0.39, 0.29) is 5.82 Å². The van der Waals surface area contributed by atoms with E-state index in [9.17, 15) is 9.50 Å². The Kier molecular flexibility index (Phi) is 4.85. The molecule has 23 heavy (non-hydrogen) atoms. The highest BCUT2D eigenvalue weighted by Gasteiger charge is 2.20. The number of H-pyrrole nitrogens is 1. The maximum Gasteiger partial charge on any atom is 0.216 e. The normalized spacial score (nSPS) is 17.1. The predicted octanol–water partition coefficient (Wildman–Crippen LogP) is 2.62. The lowest BCUT2D eigenvalue weighted by Gasteiger charge is -2.29. The Morgan fingerprint density at radius 2 is 2.17 bits per heavy atom. The van der Waals surface area contributed by atoms with Gasteiger partial charge in [0.15, 0.2) is 0 Å². The summed E-state index contributed by atoms with van der Waals surface area (Å²) < 4.78 is 18.2. The van der Waals surface area contributed by atoms with Crippen molar-refractivity contribution in [2.75, 3.05) is 19.7 Å². The van der Waals surface area contributed by atoms with Gasteiger partial charge in [0.25, 0.3) is 0 Å². The van der Waals surface area contributed by atoms with Crippen molar-refractivity contribution >= 4 is 5.57 Å². The third-order valence-electron chi connectivity index (χ3n) is 3.91. The van der Waals surface area contributed by atoms with Crippen molar-refractivity contribution in [3.63, 3.8) is 0 Å². The summed E-state index contributed by atoms with van der Waals surface area (Å²) in [7, 11) is 0. The summed E-state index contributed by atoms with van der Waals surface area (Å²) in [6, 6.07) is 6.25. The van der Waals surface area contributed by atoms with Crippen LogP contribution in [0, 0.1) is 5.82 Å². The third kappa shape index (κ3) is 3.67. The molecule has 1 aromatic heterocycles. The fraction of sp³-hybridized carbons (Fsp3) is 0.353. The average molecular weight is 317 g/mol. The molecule has 3 rings (SSSR count). The Morgan fingerprint density at radius 3 is 2.83 bits per heavy atom. The lowest BCUT2D eigenvalue weighted by Crippen LogP contribution is -2.40. The number of hydrogen-bond donors (Lipinski definition) is 2. The first kappa shape index (κ1) is 15.9. The fourth-order valence-electron chi connectivity index (χ4n) is 2.62. The largest absolute Gasteiger partial charge is 0.356 e. The van der Waals surface area contributed by atoms with Gasteiger partial charge in [-0.25, -0.2) is 9.37 Å². The molecule has 0 fully saturated rings. The van der Waals surface area contributed by atoms with E-state index in [0.717, 1.165) is 35.6 Å². The van der Waals surface area contributed by atoms with Gasteiger partial charge in [-0.1, -0.05) is 6.08 Å². The molecule has 0 amide bonds. The number of ether oxygens (including phenoxy) is 1. The highest BCUT2D eigenvalue weighted by Crippen LogP contribution is 2.24. The molecule has 0 radical (unpaired) electrons. The second-order valence-corrected chi connectivity index (χ2v) is 5.41. The number of aliphatic hydroxyl groups excluding tert-OH is 1. The standard InChI is InChI=1S/C17H20FN3O2/c1-2-23-17(22)21-9-7-12(8-10-21)15-11-19-16(20-15)13-3-5-14(18)6-4-13/h3-7,11,17,22H,2,8-10H2,1H3,(H,19,20).